The SMILES string of the molecule is CN(CC(F)(F)F)c1ccc(C(N)=S)cn1. The van der Waals surface area contributed by atoms with Crippen molar-refractivity contribution in [1.29, 1.82) is 0 Å². The van der Waals surface area contributed by atoms with Gasteiger partial charge in [0.2, 0.25) is 0 Å². The molecule has 0 aliphatic heterocycles. The van der Waals surface area contributed by atoms with E-state index in [0.717, 1.165) is 4.90 Å². The van der Waals surface area contributed by atoms with Crippen LogP contribution in [0.1, 0.15) is 5.56 Å². The average molecular weight is 249 g/mol. The number of alkyl halides is 3. The summed E-state index contributed by atoms with van der Waals surface area (Å²) in [6, 6.07) is 2.98. The Hall–Kier alpha value is -1.37. The Balaban J connectivity index is 2.78. The minimum absolute atomic E-state index is 0.164. The molecule has 16 heavy (non-hydrogen) atoms. The fraction of sp³-hybridized carbons (Fsp3) is 0.333. The summed E-state index contributed by atoms with van der Waals surface area (Å²) in [5.41, 5.74) is 5.87. The van der Waals surface area contributed by atoms with E-state index >= 15 is 0 Å². The van der Waals surface area contributed by atoms with Crippen molar-refractivity contribution in [2.24, 2.45) is 5.73 Å². The molecule has 88 valence electrons. The predicted molar refractivity (Wildman–Crippen MR) is 59.4 cm³/mol. The van der Waals surface area contributed by atoms with Gasteiger partial charge in [0, 0.05) is 18.8 Å². The van der Waals surface area contributed by atoms with Gasteiger partial charge in [0.1, 0.15) is 17.4 Å². The first-order valence-electron chi connectivity index (χ1n) is 4.33. The summed E-state index contributed by atoms with van der Waals surface area (Å²) in [6.07, 6.45) is -2.90. The summed E-state index contributed by atoms with van der Waals surface area (Å²) in [7, 11) is 1.32. The first kappa shape index (κ1) is 12.7. The lowest BCUT2D eigenvalue weighted by Gasteiger charge is -2.19. The Morgan fingerprint density at radius 2 is 2.12 bits per heavy atom. The molecule has 0 bridgehead atoms. The Bertz CT molecular complexity index is 375. The average Bonchev–Trinajstić information content (AvgIpc) is 2.15. The molecule has 0 radical (unpaired) electrons. The molecule has 1 heterocycles. The van der Waals surface area contributed by atoms with Crippen LogP contribution in [0.25, 0.3) is 0 Å². The molecule has 0 unspecified atom stereocenters. The van der Waals surface area contributed by atoms with E-state index in [1.54, 1.807) is 0 Å². The summed E-state index contributed by atoms with van der Waals surface area (Å²) >= 11 is 4.70. The van der Waals surface area contributed by atoms with Gasteiger partial charge < -0.3 is 10.6 Å². The van der Waals surface area contributed by atoms with E-state index in [-0.39, 0.29) is 10.8 Å². The van der Waals surface area contributed by atoms with E-state index in [1.807, 2.05) is 0 Å². The third kappa shape index (κ3) is 3.65. The number of hydrogen-bond acceptors (Lipinski definition) is 3. The van der Waals surface area contributed by atoms with Gasteiger partial charge in [-0.2, -0.15) is 13.2 Å². The molecule has 1 rings (SSSR count). The minimum Gasteiger partial charge on any atom is -0.389 e. The molecular weight excluding hydrogens is 239 g/mol. The fourth-order valence-electron chi connectivity index (χ4n) is 1.11. The van der Waals surface area contributed by atoms with Gasteiger partial charge in [0.25, 0.3) is 0 Å². The fourth-order valence-corrected chi connectivity index (χ4v) is 1.23. The van der Waals surface area contributed by atoms with Crippen molar-refractivity contribution in [3.8, 4) is 0 Å². The monoisotopic (exact) mass is 249 g/mol. The van der Waals surface area contributed by atoms with E-state index in [1.165, 1.54) is 25.4 Å². The van der Waals surface area contributed by atoms with Crippen molar-refractivity contribution >= 4 is 23.0 Å². The summed E-state index contributed by atoms with van der Waals surface area (Å²) < 4.78 is 36.3. The zero-order valence-corrected chi connectivity index (χ0v) is 9.27. The third-order valence-electron chi connectivity index (χ3n) is 1.84. The Morgan fingerprint density at radius 3 is 2.50 bits per heavy atom. The minimum atomic E-state index is -4.25. The van der Waals surface area contributed by atoms with Crippen LogP contribution in [0.5, 0.6) is 0 Å². The molecule has 7 heteroatoms. The van der Waals surface area contributed by atoms with Gasteiger partial charge in [-0.05, 0) is 12.1 Å². The number of thiocarbonyl (C=S) groups is 1. The molecule has 3 nitrogen and oxygen atoms in total. The lowest BCUT2D eigenvalue weighted by atomic mass is 10.3. The van der Waals surface area contributed by atoms with Crippen LogP contribution in [0, 0.1) is 0 Å². The Labute approximate surface area is 96.1 Å². The standard InChI is InChI=1S/C9H10F3N3S/c1-15(5-9(10,11)12)7-3-2-6(4-14-7)8(13)16/h2-4H,5H2,1H3,(H2,13,16). The van der Waals surface area contributed by atoms with Crippen molar-refractivity contribution in [2.45, 2.75) is 6.18 Å². The first-order chi connectivity index (χ1) is 7.29. The van der Waals surface area contributed by atoms with Crippen LogP contribution in [0.4, 0.5) is 19.0 Å². The lowest BCUT2D eigenvalue weighted by Crippen LogP contribution is -2.31. The van der Waals surface area contributed by atoms with Gasteiger partial charge >= 0.3 is 6.18 Å². The van der Waals surface area contributed by atoms with E-state index in [2.05, 4.69) is 4.98 Å². The van der Waals surface area contributed by atoms with Crippen molar-refractivity contribution in [3.05, 3.63) is 23.9 Å². The quantitative estimate of drug-likeness (QED) is 0.828. The predicted octanol–water partition coefficient (Wildman–Crippen LogP) is 1.71. The van der Waals surface area contributed by atoms with Crippen molar-refractivity contribution in [1.82, 2.24) is 4.98 Å². The van der Waals surface area contributed by atoms with Gasteiger partial charge in [-0.1, -0.05) is 12.2 Å². The molecule has 0 saturated heterocycles. The maximum atomic E-state index is 12.1. The number of nitrogens with two attached hydrogens (primary N) is 1. The number of halogens is 3. The molecule has 0 fully saturated rings. The molecule has 2 N–H and O–H groups in total. The van der Waals surface area contributed by atoms with E-state index in [9.17, 15) is 13.2 Å². The smallest absolute Gasteiger partial charge is 0.389 e. The second-order valence-corrected chi connectivity index (χ2v) is 3.68. The summed E-state index contributed by atoms with van der Waals surface area (Å²) in [4.78, 5) is 5.01. The molecule has 0 aromatic carbocycles. The van der Waals surface area contributed by atoms with Crippen molar-refractivity contribution in [2.75, 3.05) is 18.5 Å². The number of pyridine rings is 1. The largest absolute Gasteiger partial charge is 0.405 e. The number of nitrogens with zero attached hydrogens (tertiary/aromatic N) is 2. The van der Waals surface area contributed by atoms with Crippen LogP contribution in [0.3, 0.4) is 0 Å². The molecule has 0 aliphatic rings. The molecule has 0 amide bonds. The van der Waals surface area contributed by atoms with Crippen LogP contribution >= 0.6 is 12.2 Å². The molecule has 0 atom stereocenters. The topological polar surface area (TPSA) is 42.1 Å². The number of rotatable bonds is 3. The highest BCUT2D eigenvalue weighted by Gasteiger charge is 2.29. The lowest BCUT2D eigenvalue weighted by molar-refractivity contribution is -0.119. The van der Waals surface area contributed by atoms with E-state index < -0.39 is 12.7 Å². The molecular formula is C9H10F3N3S. The molecule has 1 aromatic rings. The van der Waals surface area contributed by atoms with Gasteiger partial charge in [0.05, 0.1) is 0 Å². The van der Waals surface area contributed by atoms with Crippen molar-refractivity contribution in [3.63, 3.8) is 0 Å². The number of anilines is 1. The van der Waals surface area contributed by atoms with Crippen LogP contribution < -0.4 is 10.6 Å². The first-order valence-corrected chi connectivity index (χ1v) is 4.74. The Morgan fingerprint density at radius 1 is 1.50 bits per heavy atom. The van der Waals surface area contributed by atoms with Gasteiger partial charge in [-0.3, -0.25) is 0 Å². The van der Waals surface area contributed by atoms with Gasteiger partial charge in [-0.25, -0.2) is 4.98 Å². The summed E-state index contributed by atoms with van der Waals surface area (Å²) in [5.74, 6) is 0.220. The maximum absolute atomic E-state index is 12.1. The second-order valence-electron chi connectivity index (χ2n) is 3.24. The van der Waals surface area contributed by atoms with Crippen LogP contribution in [-0.4, -0.2) is 29.7 Å². The van der Waals surface area contributed by atoms with Crippen LogP contribution in [0.2, 0.25) is 0 Å². The van der Waals surface area contributed by atoms with E-state index in [4.69, 9.17) is 18.0 Å². The number of aromatic nitrogens is 1. The highest BCUT2D eigenvalue weighted by Crippen LogP contribution is 2.19. The molecule has 0 saturated carbocycles. The van der Waals surface area contributed by atoms with Crippen molar-refractivity contribution < 1.29 is 13.2 Å². The molecule has 0 spiro atoms. The van der Waals surface area contributed by atoms with Gasteiger partial charge in [0.15, 0.2) is 0 Å². The number of hydrogen-bond donors (Lipinski definition) is 1. The normalized spacial score (nSPS) is 11.2. The highest BCUT2D eigenvalue weighted by atomic mass is 32.1. The van der Waals surface area contributed by atoms with Gasteiger partial charge in [-0.15, -0.1) is 0 Å². The van der Waals surface area contributed by atoms with E-state index in [0.29, 0.717) is 5.56 Å². The summed E-state index contributed by atoms with van der Waals surface area (Å²) in [5, 5.41) is 0. The zero-order valence-electron chi connectivity index (χ0n) is 8.45. The molecule has 0 aliphatic carbocycles. The van der Waals surface area contributed by atoms with Crippen LogP contribution in [0.15, 0.2) is 18.3 Å². The third-order valence-corrected chi connectivity index (χ3v) is 2.08. The molecule has 1 aromatic heterocycles. The highest BCUT2D eigenvalue weighted by molar-refractivity contribution is 7.80. The zero-order chi connectivity index (χ0) is 12.3. The summed E-state index contributed by atoms with van der Waals surface area (Å²) in [6.45, 7) is -1.05. The van der Waals surface area contributed by atoms with Crippen LogP contribution in [-0.2, 0) is 0 Å². The Kier molecular flexibility index (Phi) is 3.69. The maximum Gasteiger partial charge on any atom is 0.405 e. The second kappa shape index (κ2) is 4.65.